The topological polar surface area (TPSA) is 20.2 Å². The molecule has 1 saturated carbocycles. The van der Waals surface area contributed by atoms with E-state index in [0.29, 0.717) is 0 Å². The largest absolute Gasteiger partial charge is 0.389 e. The second kappa shape index (κ2) is 6.02. The molecule has 0 radical (unpaired) electrons. The molecule has 0 aliphatic heterocycles. The Labute approximate surface area is 92.7 Å². The molecule has 1 nitrogen and oxygen atoms in total. The summed E-state index contributed by atoms with van der Waals surface area (Å²) in [5.74, 6) is 2.96. The van der Waals surface area contributed by atoms with E-state index in [0.717, 1.165) is 24.5 Å². The zero-order valence-corrected chi connectivity index (χ0v) is 10.4. The third-order valence-electron chi connectivity index (χ3n) is 2.99. The van der Waals surface area contributed by atoms with E-state index in [1.54, 1.807) is 0 Å². The summed E-state index contributed by atoms with van der Waals surface area (Å²) in [6.45, 7) is 4.52. The van der Waals surface area contributed by atoms with E-state index >= 15 is 0 Å². The summed E-state index contributed by atoms with van der Waals surface area (Å²) in [7, 11) is 0. The SMILES string of the molecule is CC(C)CCSCC1(O)CCCCC1. The lowest BCUT2D eigenvalue weighted by Gasteiger charge is -2.31. The van der Waals surface area contributed by atoms with Crippen molar-refractivity contribution in [1.82, 2.24) is 0 Å². The lowest BCUT2D eigenvalue weighted by molar-refractivity contribution is 0.0273. The van der Waals surface area contributed by atoms with Crippen molar-refractivity contribution in [3.63, 3.8) is 0 Å². The molecule has 0 bridgehead atoms. The van der Waals surface area contributed by atoms with E-state index < -0.39 is 0 Å². The standard InChI is InChI=1S/C12H24OS/c1-11(2)6-9-14-10-12(13)7-4-3-5-8-12/h11,13H,3-10H2,1-2H3. The minimum Gasteiger partial charge on any atom is -0.389 e. The highest BCUT2D eigenvalue weighted by molar-refractivity contribution is 7.99. The van der Waals surface area contributed by atoms with Gasteiger partial charge in [-0.2, -0.15) is 11.8 Å². The van der Waals surface area contributed by atoms with Gasteiger partial charge in [-0.25, -0.2) is 0 Å². The highest BCUT2D eigenvalue weighted by Crippen LogP contribution is 2.31. The lowest BCUT2D eigenvalue weighted by Crippen LogP contribution is -2.34. The Morgan fingerprint density at radius 1 is 1.21 bits per heavy atom. The summed E-state index contributed by atoms with van der Waals surface area (Å²) in [6, 6.07) is 0. The quantitative estimate of drug-likeness (QED) is 0.710. The molecule has 1 fully saturated rings. The molecule has 2 heteroatoms. The molecule has 0 heterocycles. The summed E-state index contributed by atoms with van der Waals surface area (Å²) >= 11 is 1.94. The molecule has 0 unspecified atom stereocenters. The van der Waals surface area contributed by atoms with Crippen molar-refractivity contribution >= 4 is 11.8 Å². The zero-order chi connectivity index (χ0) is 10.4. The van der Waals surface area contributed by atoms with Gasteiger partial charge in [-0.3, -0.25) is 0 Å². The normalized spacial score (nSPS) is 21.4. The zero-order valence-electron chi connectivity index (χ0n) is 9.59. The first-order valence-electron chi connectivity index (χ1n) is 5.92. The van der Waals surface area contributed by atoms with E-state index in [2.05, 4.69) is 13.8 Å². The number of thioether (sulfide) groups is 1. The number of hydrogen-bond acceptors (Lipinski definition) is 2. The van der Waals surface area contributed by atoms with Crippen molar-refractivity contribution in [2.24, 2.45) is 5.92 Å². The van der Waals surface area contributed by atoms with Crippen LogP contribution in [-0.2, 0) is 0 Å². The Hall–Kier alpha value is 0.310. The van der Waals surface area contributed by atoms with Gasteiger partial charge < -0.3 is 5.11 Å². The third-order valence-corrected chi connectivity index (χ3v) is 4.26. The summed E-state index contributed by atoms with van der Waals surface area (Å²) in [5.41, 5.74) is -0.320. The van der Waals surface area contributed by atoms with E-state index in [1.807, 2.05) is 11.8 Å². The fourth-order valence-corrected chi connectivity index (χ4v) is 3.39. The van der Waals surface area contributed by atoms with Crippen LogP contribution < -0.4 is 0 Å². The van der Waals surface area contributed by atoms with Crippen LogP contribution in [-0.4, -0.2) is 22.2 Å². The molecule has 0 amide bonds. The monoisotopic (exact) mass is 216 g/mol. The first-order chi connectivity index (χ1) is 6.62. The molecular weight excluding hydrogens is 192 g/mol. The summed E-state index contributed by atoms with van der Waals surface area (Å²) in [5, 5.41) is 10.2. The maximum Gasteiger partial charge on any atom is 0.0737 e. The molecule has 84 valence electrons. The van der Waals surface area contributed by atoms with Crippen LogP contribution >= 0.6 is 11.8 Å². The average Bonchev–Trinajstić information content (AvgIpc) is 2.14. The molecule has 0 aromatic rings. The number of aliphatic hydroxyl groups is 1. The van der Waals surface area contributed by atoms with Crippen LogP contribution in [0.5, 0.6) is 0 Å². The van der Waals surface area contributed by atoms with E-state index in [4.69, 9.17) is 0 Å². The molecular formula is C12H24OS. The molecule has 0 aromatic carbocycles. The van der Waals surface area contributed by atoms with Gasteiger partial charge in [0.25, 0.3) is 0 Å². The fraction of sp³-hybridized carbons (Fsp3) is 1.00. The molecule has 0 aromatic heterocycles. The molecule has 0 saturated heterocycles. The van der Waals surface area contributed by atoms with Crippen LogP contribution in [0, 0.1) is 5.92 Å². The van der Waals surface area contributed by atoms with Gasteiger partial charge in [-0.05, 0) is 30.9 Å². The molecule has 1 aliphatic rings. The molecule has 1 rings (SSSR count). The smallest absolute Gasteiger partial charge is 0.0737 e. The van der Waals surface area contributed by atoms with Crippen LogP contribution in [0.25, 0.3) is 0 Å². The van der Waals surface area contributed by atoms with Crippen molar-refractivity contribution < 1.29 is 5.11 Å². The van der Waals surface area contributed by atoms with Gasteiger partial charge in [0, 0.05) is 5.75 Å². The van der Waals surface area contributed by atoms with Crippen LogP contribution in [0.4, 0.5) is 0 Å². The Morgan fingerprint density at radius 3 is 2.43 bits per heavy atom. The average molecular weight is 216 g/mol. The minimum absolute atomic E-state index is 0.320. The summed E-state index contributed by atoms with van der Waals surface area (Å²) in [4.78, 5) is 0. The van der Waals surface area contributed by atoms with Crippen LogP contribution in [0.2, 0.25) is 0 Å². The molecule has 14 heavy (non-hydrogen) atoms. The second-order valence-electron chi connectivity index (χ2n) is 5.02. The van der Waals surface area contributed by atoms with Gasteiger partial charge in [0.05, 0.1) is 5.60 Å². The predicted molar refractivity (Wildman–Crippen MR) is 64.8 cm³/mol. The van der Waals surface area contributed by atoms with Crippen molar-refractivity contribution in [1.29, 1.82) is 0 Å². The molecule has 1 N–H and O–H groups in total. The molecule has 0 atom stereocenters. The van der Waals surface area contributed by atoms with Crippen molar-refractivity contribution in [2.75, 3.05) is 11.5 Å². The van der Waals surface area contributed by atoms with E-state index in [-0.39, 0.29) is 5.60 Å². The summed E-state index contributed by atoms with van der Waals surface area (Å²) in [6.07, 6.45) is 7.10. The van der Waals surface area contributed by atoms with Gasteiger partial charge in [0.15, 0.2) is 0 Å². The Balaban J connectivity index is 2.09. The van der Waals surface area contributed by atoms with E-state index in [1.165, 1.54) is 31.4 Å². The highest BCUT2D eigenvalue weighted by atomic mass is 32.2. The van der Waals surface area contributed by atoms with Gasteiger partial charge in [-0.15, -0.1) is 0 Å². The van der Waals surface area contributed by atoms with Crippen LogP contribution in [0.1, 0.15) is 52.4 Å². The first kappa shape index (κ1) is 12.4. The molecule has 1 aliphatic carbocycles. The van der Waals surface area contributed by atoms with E-state index in [9.17, 15) is 5.11 Å². The van der Waals surface area contributed by atoms with Gasteiger partial charge in [0.2, 0.25) is 0 Å². The summed E-state index contributed by atoms with van der Waals surface area (Å²) < 4.78 is 0. The van der Waals surface area contributed by atoms with Crippen molar-refractivity contribution in [3.05, 3.63) is 0 Å². The number of rotatable bonds is 5. The van der Waals surface area contributed by atoms with Crippen molar-refractivity contribution in [2.45, 2.75) is 58.0 Å². The minimum atomic E-state index is -0.320. The highest BCUT2D eigenvalue weighted by Gasteiger charge is 2.28. The third kappa shape index (κ3) is 4.70. The van der Waals surface area contributed by atoms with Crippen LogP contribution in [0.3, 0.4) is 0 Å². The molecule has 0 spiro atoms. The maximum absolute atomic E-state index is 10.2. The van der Waals surface area contributed by atoms with Crippen LogP contribution in [0.15, 0.2) is 0 Å². The Morgan fingerprint density at radius 2 is 1.86 bits per heavy atom. The Kier molecular flexibility index (Phi) is 5.32. The Bertz CT molecular complexity index is 150. The predicted octanol–water partition coefficient (Wildman–Crippen LogP) is 3.46. The lowest BCUT2D eigenvalue weighted by atomic mass is 9.86. The second-order valence-corrected chi connectivity index (χ2v) is 6.13. The number of hydrogen-bond donors (Lipinski definition) is 1. The van der Waals surface area contributed by atoms with Gasteiger partial charge in [-0.1, -0.05) is 33.1 Å². The maximum atomic E-state index is 10.2. The fourth-order valence-electron chi connectivity index (χ4n) is 1.94. The first-order valence-corrected chi connectivity index (χ1v) is 7.08. The van der Waals surface area contributed by atoms with Crippen molar-refractivity contribution in [3.8, 4) is 0 Å². The van der Waals surface area contributed by atoms with Gasteiger partial charge >= 0.3 is 0 Å². The van der Waals surface area contributed by atoms with Gasteiger partial charge in [0.1, 0.15) is 0 Å².